The lowest BCUT2D eigenvalue weighted by atomic mass is 9.98. The molecule has 3 heteroatoms. The zero-order chi connectivity index (χ0) is 15.0. The van der Waals surface area contributed by atoms with Crippen LogP contribution in [0.4, 0.5) is 0 Å². The second kappa shape index (κ2) is 5.11. The molecule has 2 aromatic rings. The van der Waals surface area contributed by atoms with Crippen LogP contribution in [0.15, 0.2) is 60.7 Å². The Morgan fingerprint density at radius 2 is 1.82 bits per heavy atom. The number of hydrogen-bond acceptors (Lipinski definition) is 2. The van der Waals surface area contributed by atoms with Gasteiger partial charge in [-0.2, -0.15) is 0 Å². The summed E-state index contributed by atoms with van der Waals surface area (Å²) in [6.07, 6.45) is 4.93. The number of carbonyl (C=O) groups is 1. The Labute approximate surface area is 129 Å². The van der Waals surface area contributed by atoms with Crippen LogP contribution < -0.4 is 0 Å². The lowest BCUT2D eigenvalue weighted by molar-refractivity contribution is -0.131. The minimum absolute atomic E-state index is 0.0630. The Morgan fingerprint density at radius 1 is 1.05 bits per heavy atom. The molecule has 4 rings (SSSR count). The van der Waals surface area contributed by atoms with E-state index in [1.165, 1.54) is 0 Å². The SMILES string of the molecule is O=C1c2ccccc2C2(C=Cc3ccccc3)OCCCN12. The van der Waals surface area contributed by atoms with Crippen LogP contribution in [-0.2, 0) is 10.5 Å². The molecule has 3 nitrogen and oxygen atoms in total. The number of amides is 1. The Balaban J connectivity index is 1.82. The van der Waals surface area contributed by atoms with Gasteiger partial charge >= 0.3 is 0 Å². The third-order valence-corrected chi connectivity index (χ3v) is 4.34. The van der Waals surface area contributed by atoms with E-state index in [-0.39, 0.29) is 5.91 Å². The molecule has 110 valence electrons. The molecule has 2 aliphatic rings. The highest BCUT2D eigenvalue weighted by Gasteiger charge is 2.50. The third kappa shape index (κ3) is 1.90. The fourth-order valence-corrected chi connectivity index (χ4v) is 3.30. The van der Waals surface area contributed by atoms with Crippen molar-refractivity contribution in [2.45, 2.75) is 12.1 Å². The molecule has 0 radical (unpaired) electrons. The Kier molecular flexibility index (Phi) is 3.09. The maximum atomic E-state index is 12.7. The molecule has 1 atom stereocenters. The van der Waals surface area contributed by atoms with Gasteiger partial charge in [0.05, 0.1) is 6.61 Å². The molecule has 22 heavy (non-hydrogen) atoms. The standard InChI is InChI=1S/C19H17NO2/c21-18-16-9-4-5-10-17(16)19(20(18)13-6-14-22-19)12-11-15-7-2-1-3-8-15/h1-5,7-12H,6,13-14H2. The van der Waals surface area contributed by atoms with E-state index in [4.69, 9.17) is 4.74 Å². The number of fused-ring (bicyclic) bond motifs is 3. The van der Waals surface area contributed by atoms with Gasteiger partial charge in [0.25, 0.3) is 5.91 Å². The smallest absolute Gasteiger partial charge is 0.257 e. The van der Waals surface area contributed by atoms with E-state index in [1.807, 2.05) is 71.6 Å². The summed E-state index contributed by atoms with van der Waals surface area (Å²) in [6, 6.07) is 17.8. The second-order valence-corrected chi connectivity index (χ2v) is 5.64. The average molecular weight is 291 g/mol. The lowest BCUT2D eigenvalue weighted by Gasteiger charge is -2.40. The minimum atomic E-state index is -0.748. The van der Waals surface area contributed by atoms with Crippen molar-refractivity contribution in [2.75, 3.05) is 13.2 Å². The van der Waals surface area contributed by atoms with Crippen molar-refractivity contribution in [3.05, 3.63) is 77.4 Å². The van der Waals surface area contributed by atoms with Crippen molar-refractivity contribution < 1.29 is 9.53 Å². The summed E-state index contributed by atoms with van der Waals surface area (Å²) in [4.78, 5) is 14.5. The normalized spacial score (nSPS) is 23.6. The van der Waals surface area contributed by atoms with Gasteiger partial charge in [-0.25, -0.2) is 0 Å². The van der Waals surface area contributed by atoms with Gasteiger partial charge in [0.15, 0.2) is 5.72 Å². The molecular formula is C19H17NO2. The number of carbonyl (C=O) groups excluding carboxylic acids is 1. The highest BCUT2D eigenvalue weighted by atomic mass is 16.5. The summed E-state index contributed by atoms with van der Waals surface area (Å²) in [5.74, 6) is 0.0630. The van der Waals surface area contributed by atoms with Crippen LogP contribution in [0.2, 0.25) is 0 Å². The van der Waals surface area contributed by atoms with E-state index in [1.54, 1.807) is 0 Å². The molecule has 0 aliphatic carbocycles. The molecule has 2 aliphatic heterocycles. The van der Waals surface area contributed by atoms with Crippen LogP contribution in [0.3, 0.4) is 0 Å². The molecule has 0 N–H and O–H groups in total. The summed E-state index contributed by atoms with van der Waals surface area (Å²) >= 11 is 0. The van der Waals surface area contributed by atoms with E-state index in [0.717, 1.165) is 29.7 Å². The molecule has 0 bridgehead atoms. The van der Waals surface area contributed by atoms with Crippen molar-refractivity contribution in [2.24, 2.45) is 0 Å². The van der Waals surface area contributed by atoms with Crippen molar-refractivity contribution in [3.63, 3.8) is 0 Å². The molecule has 1 amide bonds. The Morgan fingerprint density at radius 3 is 2.68 bits per heavy atom. The molecule has 2 heterocycles. The molecule has 1 fully saturated rings. The molecule has 1 unspecified atom stereocenters. The highest BCUT2D eigenvalue weighted by Crippen LogP contribution is 2.43. The van der Waals surface area contributed by atoms with E-state index in [0.29, 0.717) is 6.61 Å². The molecule has 0 spiro atoms. The number of hydrogen-bond donors (Lipinski definition) is 0. The van der Waals surface area contributed by atoms with Crippen LogP contribution in [-0.4, -0.2) is 24.0 Å². The van der Waals surface area contributed by atoms with Crippen LogP contribution in [0.25, 0.3) is 6.08 Å². The lowest BCUT2D eigenvalue weighted by Crippen LogP contribution is -2.48. The van der Waals surface area contributed by atoms with Crippen molar-refractivity contribution in [1.82, 2.24) is 4.90 Å². The third-order valence-electron chi connectivity index (χ3n) is 4.34. The first-order valence-corrected chi connectivity index (χ1v) is 7.61. The van der Waals surface area contributed by atoms with Gasteiger partial charge in [0.2, 0.25) is 0 Å². The predicted octanol–water partition coefficient (Wildman–Crippen LogP) is 3.43. The number of rotatable bonds is 2. The maximum absolute atomic E-state index is 12.7. The van der Waals surface area contributed by atoms with Crippen LogP contribution in [0, 0.1) is 0 Å². The fourth-order valence-electron chi connectivity index (χ4n) is 3.30. The second-order valence-electron chi connectivity index (χ2n) is 5.64. The zero-order valence-corrected chi connectivity index (χ0v) is 12.2. The minimum Gasteiger partial charge on any atom is -0.347 e. The number of ether oxygens (including phenoxy) is 1. The van der Waals surface area contributed by atoms with Crippen molar-refractivity contribution in [3.8, 4) is 0 Å². The largest absolute Gasteiger partial charge is 0.347 e. The average Bonchev–Trinajstić information content (AvgIpc) is 2.85. The van der Waals surface area contributed by atoms with Crippen molar-refractivity contribution >= 4 is 12.0 Å². The van der Waals surface area contributed by atoms with E-state index in [9.17, 15) is 4.79 Å². The first-order chi connectivity index (χ1) is 10.8. The van der Waals surface area contributed by atoms with Gasteiger partial charge < -0.3 is 9.64 Å². The van der Waals surface area contributed by atoms with Gasteiger partial charge in [0.1, 0.15) is 0 Å². The summed E-state index contributed by atoms with van der Waals surface area (Å²) in [7, 11) is 0. The van der Waals surface area contributed by atoms with Crippen molar-refractivity contribution in [1.29, 1.82) is 0 Å². The van der Waals surface area contributed by atoms with E-state index >= 15 is 0 Å². The number of benzene rings is 2. The molecule has 2 aromatic carbocycles. The monoisotopic (exact) mass is 291 g/mol. The first-order valence-electron chi connectivity index (χ1n) is 7.61. The van der Waals surface area contributed by atoms with Gasteiger partial charge in [-0.1, -0.05) is 54.6 Å². The summed E-state index contributed by atoms with van der Waals surface area (Å²) in [5, 5.41) is 0. The first kappa shape index (κ1) is 13.3. The quantitative estimate of drug-likeness (QED) is 0.848. The summed E-state index contributed by atoms with van der Waals surface area (Å²) < 4.78 is 6.13. The number of nitrogens with zero attached hydrogens (tertiary/aromatic N) is 1. The van der Waals surface area contributed by atoms with Crippen LogP contribution >= 0.6 is 0 Å². The Hall–Kier alpha value is -2.39. The maximum Gasteiger partial charge on any atom is 0.257 e. The van der Waals surface area contributed by atoms with Gasteiger partial charge in [-0.15, -0.1) is 0 Å². The van der Waals surface area contributed by atoms with Crippen LogP contribution in [0.1, 0.15) is 27.9 Å². The molecule has 0 aromatic heterocycles. The summed E-state index contributed by atoms with van der Waals surface area (Å²) in [5.41, 5.74) is 2.05. The Bertz CT molecular complexity index is 738. The topological polar surface area (TPSA) is 29.5 Å². The zero-order valence-electron chi connectivity index (χ0n) is 12.2. The molecule has 1 saturated heterocycles. The van der Waals surface area contributed by atoms with Crippen LogP contribution in [0.5, 0.6) is 0 Å². The van der Waals surface area contributed by atoms with Gasteiger partial charge in [0, 0.05) is 17.7 Å². The van der Waals surface area contributed by atoms with E-state index in [2.05, 4.69) is 0 Å². The van der Waals surface area contributed by atoms with Gasteiger partial charge in [-0.3, -0.25) is 4.79 Å². The van der Waals surface area contributed by atoms with Gasteiger partial charge in [-0.05, 0) is 24.1 Å². The summed E-state index contributed by atoms with van der Waals surface area (Å²) in [6.45, 7) is 1.39. The fraction of sp³-hybridized carbons (Fsp3) is 0.211. The highest BCUT2D eigenvalue weighted by molar-refractivity contribution is 6.00. The molecule has 0 saturated carbocycles. The predicted molar refractivity (Wildman–Crippen MR) is 85.2 cm³/mol. The molecular weight excluding hydrogens is 274 g/mol. The van der Waals surface area contributed by atoms with E-state index < -0.39 is 5.72 Å².